The van der Waals surface area contributed by atoms with Gasteiger partial charge in [0.15, 0.2) is 0 Å². The summed E-state index contributed by atoms with van der Waals surface area (Å²) < 4.78 is 25.4. The van der Waals surface area contributed by atoms with E-state index in [-0.39, 0.29) is 10.8 Å². The third-order valence-electron chi connectivity index (χ3n) is 4.50. The summed E-state index contributed by atoms with van der Waals surface area (Å²) in [7, 11) is -0.493. The first-order valence-electron chi connectivity index (χ1n) is 8.44. The molecule has 0 spiro atoms. The van der Waals surface area contributed by atoms with Crippen molar-refractivity contribution in [2.45, 2.75) is 11.4 Å². The lowest BCUT2D eigenvalue weighted by Gasteiger charge is -2.34. The monoisotopic (exact) mass is 393 g/mol. The summed E-state index contributed by atoms with van der Waals surface area (Å²) in [6.45, 7) is 3.98. The Hall–Kier alpha value is -1.74. The van der Waals surface area contributed by atoms with Crippen LogP contribution in [0.15, 0.2) is 46.7 Å². The zero-order chi connectivity index (χ0) is 18.7. The molecule has 2 aromatic rings. The number of benzene rings is 1. The van der Waals surface area contributed by atoms with Crippen LogP contribution in [0.25, 0.3) is 0 Å². The fourth-order valence-electron chi connectivity index (χ4n) is 2.89. The molecule has 1 saturated heterocycles. The molecule has 140 valence electrons. The molecular formula is C18H23N3O3S2. The maximum Gasteiger partial charge on any atom is 0.253 e. The minimum atomic E-state index is -3.47. The van der Waals surface area contributed by atoms with Gasteiger partial charge < -0.3 is 4.90 Å². The number of carbonyl (C=O) groups excluding carboxylic acids is 1. The van der Waals surface area contributed by atoms with Crippen molar-refractivity contribution in [1.82, 2.24) is 14.1 Å². The van der Waals surface area contributed by atoms with Gasteiger partial charge in [0, 0.05) is 57.3 Å². The van der Waals surface area contributed by atoms with E-state index in [4.69, 9.17) is 0 Å². The van der Waals surface area contributed by atoms with Crippen molar-refractivity contribution in [2.75, 3.05) is 40.3 Å². The Balaban J connectivity index is 1.60. The molecule has 0 radical (unpaired) electrons. The van der Waals surface area contributed by atoms with Crippen LogP contribution in [0.4, 0.5) is 0 Å². The molecule has 0 unspecified atom stereocenters. The Kier molecular flexibility index (Phi) is 5.76. The highest BCUT2D eigenvalue weighted by molar-refractivity contribution is 7.89. The largest absolute Gasteiger partial charge is 0.336 e. The summed E-state index contributed by atoms with van der Waals surface area (Å²) in [5, 5.41) is 2.08. The van der Waals surface area contributed by atoms with E-state index in [1.54, 1.807) is 23.5 Å². The van der Waals surface area contributed by atoms with Gasteiger partial charge in [-0.3, -0.25) is 9.69 Å². The fourth-order valence-corrected chi connectivity index (χ4v) is 4.54. The summed E-state index contributed by atoms with van der Waals surface area (Å²) in [6.07, 6.45) is 0. The van der Waals surface area contributed by atoms with E-state index < -0.39 is 10.0 Å². The van der Waals surface area contributed by atoms with E-state index in [0.29, 0.717) is 18.7 Å². The number of hydrogen-bond acceptors (Lipinski definition) is 5. The molecule has 1 aromatic heterocycles. The second kappa shape index (κ2) is 7.87. The third kappa shape index (κ3) is 4.15. The normalized spacial score (nSPS) is 16.2. The van der Waals surface area contributed by atoms with E-state index in [1.807, 2.05) is 4.90 Å². The minimum absolute atomic E-state index is 0.0467. The van der Waals surface area contributed by atoms with Crippen LogP contribution in [-0.2, 0) is 16.6 Å². The first-order chi connectivity index (χ1) is 12.4. The fraction of sp³-hybridized carbons (Fsp3) is 0.389. The van der Waals surface area contributed by atoms with Crippen molar-refractivity contribution in [1.29, 1.82) is 0 Å². The molecule has 0 aliphatic carbocycles. The van der Waals surface area contributed by atoms with Crippen molar-refractivity contribution < 1.29 is 13.2 Å². The summed E-state index contributed by atoms with van der Waals surface area (Å²) in [5.74, 6) is -0.0467. The number of hydrogen-bond donors (Lipinski definition) is 0. The van der Waals surface area contributed by atoms with Gasteiger partial charge in [-0.05, 0) is 35.7 Å². The van der Waals surface area contributed by atoms with Crippen LogP contribution in [0.3, 0.4) is 0 Å². The molecule has 6 nitrogen and oxygen atoms in total. The standard InChI is InChI=1S/C18H23N3O3S2/c1-19(2)26(23,24)17-7-5-15(6-8-17)18(22)21-11-9-20(10-12-21)14-16-4-3-13-25-16/h3-8,13H,9-12,14H2,1-2H3. The number of nitrogens with zero attached hydrogens (tertiary/aromatic N) is 3. The zero-order valence-corrected chi connectivity index (χ0v) is 16.6. The smallest absolute Gasteiger partial charge is 0.253 e. The number of thiophene rings is 1. The first kappa shape index (κ1) is 19.0. The highest BCUT2D eigenvalue weighted by Crippen LogP contribution is 2.17. The molecule has 0 atom stereocenters. The Bertz CT molecular complexity index is 838. The van der Waals surface area contributed by atoms with Crippen molar-refractivity contribution in [3.63, 3.8) is 0 Å². The molecule has 0 bridgehead atoms. The molecule has 1 aliphatic rings. The van der Waals surface area contributed by atoms with Gasteiger partial charge >= 0.3 is 0 Å². The molecule has 26 heavy (non-hydrogen) atoms. The molecule has 1 aromatic carbocycles. The van der Waals surface area contributed by atoms with Crippen LogP contribution in [0.2, 0.25) is 0 Å². The van der Waals surface area contributed by atoms with Gasteiger partial charge in [0.25, 0.3) is 5.91 Å². The lowest BCUT2D eigenvalue weighted by Crippen LogP contribution is -2.48. The molecule has 0 saturated carbocycles. The highest BCUT2D eigenvalue weighted by atomic mass is 32.2. The Morgan fingerprint density at radius 3 is 2.27 bits per heavy atom. The summed E-state index contributed by atoms with van der Waals surface area (Å²) >= 11 is 1.75. The second-order valence-electron chi connectivity index (χ2n) is 6.46. The van der Waals surface area contributed by atoms with Crippen molar-refractivity contribution in [3.05, 3.63) is 52.2 Å². The predicted molar refractivity (Wildman–Crippen MR) is 103 cm³/mol. The number of carbonyl (C=O) groups is 1. The van der Waals surface area contributed by atoms with Gasteiger partial charge in [0.05, 0.1) is 4.90 Å². The van der Waals surface area contributed by atoms with Gasteiger partial charge in [-0.2, -0.15) is 0 Å². The number of amides is 1. The van der Waals surface area contributed by atoms with Gasteiger partial charge in [-0.25, -0.2) is 12.7 Å². The van der Waals surface area contributed by atoms with E-state index in [9.17, 15) is 13.2 Å². The van der Waals surface area contributed by atoms with Gasteiger partial charge in [-0.15, -0.1) is 11.3 Å². The zero-order valence-electron chi connectivity index (χ0n) is 15.0. The maximum absolute atomic E-state index is 12.7. The third-order valence-corrected chi connectivity index (χ3v) is 7.19. The predicted octanol–water partition coefficient (Wildman–Crippen LogP) is 1.96. The second-order valence-corrected chi connectivity index (χ2v) is 9.64. The molecule has 1 aliphatic heterocycles. The Labute approximate surface area is 158 Å². The van der Waals surface area contributed by atoms with Gasteiger partial charge in [0.1, 0.15) is 0 Å². The molecular weight excluding hydrogens is 370 g/mol. The maximum atomic E-state index is 12.7. The van der Waals surface area contributed by atoms with Crippen LogP contribution < -0.4 is 0 Å². The lowest BCUT2D eigenvalue weighted by atomic mass is 10.2. The number of sulfonamides is 1. The summed E-state index contributed by atoms with van der Waals surface area (Å²) in [4.78, 5) is 18.4. The molecule has 8 heteroatoms. The van der Waals surface area contributed by atoms with Crippen LogP contribution in [0, 0.1) is 0 Å². The van der Waals surface area contributed by atoms with Gasteiger partial charge in [-0.1, -0.05) is 6.07 Å². The molecule has 3 rings (SSSR count). The molecule has 1 fully saturated rings. The van der Waals surface area contributed by atoms with E-state index in [0.717, 1.165) is 23.9 Å². The van der Waals surface area contributed by atoms with E-state index >= 15 is 0 Å². The average molecular weight is 394 g/mol. The molecule has 1 amide bonds. The quantitative estimate of drug-likeness (QED) is 0.779. The number of rotatable bonds is 5. The number of piperazine rings is 1. The Morgan fingerprint density at radius 1 is 1.08 bits per heavy atom. The minimum Gasteiger partial charge on any atom is -0.336 e. The van der Waals surface area contributed by atoms with Crippen molar-refractivity contribution in [3.8, 4) is 0 Å². The first-order valence-corrected chi connectivity index (χ1v) is 10.8. The van der Waals surface area contributed by atoms with Crippen molar-refractivity contribution in [2.24, 2.45) is 0 Å². The molecule has 2 heterocycles. The van der Waals surface area contributed by atoms with Crippen LogP contribution >= 0.6 is 11.3 Å². The van der Waals surface area contributed by atoms with E-state index in [2.05, 4.69) is 22.4 Å². The lowest BCUT2D eigenvalue weighted by molar-refractivity contribution is 0.0629. The van der Waals surface area contributed by atoms with Crippen LogP contribution in [-0.4, -0.2) is 68.7 Å². The summed E-state index contributed by atoms with van der Waals surface area (Å²) in [6, 6.07) is 10.4. The van der Waals surface area contributed by atoms with Crippen LogP contribution in [0.1, 0.15) is 15.2 Å². The highest BCUT2D eigenvalue weighted by Gasteiger charge is 2.23. The topological polar surface area (TPSA) is 60.9 Å². The SMILES string of the molecule is CN(C)S(=O)(=O)c1ccc(C(=O)N2CCN(Cc3cccs3)CC2)cc1. The van der Waals surface area contributed by atoms with Crippen LogP contribution in [0.5, 0.6) is 0 Å². The van der Waals surface area contributed by atoms with Crippen molar-refractivity contribution >= 4 is 27.3 Å². The Morgan fingerprint density at radius 2 is 1.73 bits per heavy atom. The van der Waals surface area contributed by atoms with Gasteiger partial charge in [0.2, 0.25) is 10.0 Å². The van der Waals surface area contributed by atoms with E-state index in [1.165, 1.54) is 31.1 Å². The summed E-state index contributed by atoms with van der Waals surface area (Å²) in [5.41, 5.74) is 0.523. The molecule has 0 N–H and O–H groups in total. The average Bonchev–Trinajstić information content (AvgIpc) is 3.15.